The molecule has 2 aliphatic heterocycles. The van der Waals surface area contributed by atoms with Gasteiger partial charge in [-0.05, 0) is 71.8 Å². The number of likely N-dealkylation sites (N-methyl/N-ethyl adjacent to an activating group) is 1. The van der Waals surface area contributed by atoms with Crippen LogP contribution in [-0.2, 0) is 16.1 Å². The zero-order valence-electron chi connectivity index (χ0n) is 19.7. The molecule has 2 amide bonds. The topological polar surface area (TPSA) is 65.1 Å². The molecule has 1 aromatic rings. The van der Waals surface area contributed by atoms with Crippen molar-refractivity contribution in [1.82, 2.24) is 15.1 Å². The lowest BCUT2D eigenvalue weighted by molar-refractivity contribution is -0.126. The molecule has 0 spiro atoms. The van der Waals surface area contributed by atoms with Crippen molar-refractivity contribution in [3.05, 3.63) is 29.8 Å². The minimum absolute atomic E-state index is 0.0504. The van der Waals surface area contributed by atoms with Gasteiger partial charge in [-0.2, -0.15) is 0 Å². The largest absolute Gasteiger partial charge is 0.444 e. The number of ether oxygens (including phenoxy) is 1. The number of anilines is 1. The smallest absolute Gasteiger partial charge is 0.410 e. The molecule has 3 rings (SSSR count). The van der Waals surface area contributed by atoms with Gasteiger partial charge in [0.25, 0.3) is 0 Å². The maximum Gasteiger partial charge on any atom is 0.410 e. The quantitative estimate of drug-likeness (QED) is 0.778. The number of carbonyl (C=O) groups is 2. The van der Waals surface area contributed by atoms with Crippen LogP contribution in [0.1, 0.15) is 45.6 Å². The van der Waals surface area contributed by atoms with Gasteiger partial charge in [0.15, 0.2) is 0 Å². The number of carbonyl (C=O) groups excluding carboxylic acids is 2. The van der Waals surface area contributed by atoms with Gasteiger partial charge in [-0.3, -0.25) is 4.79 Å². The SMILES string of the molecule is CN(C)C1CCN(c2ccc(CNC(=O)C3CCN(C(=O)OC(C)(C)C)CC3)cc2)C1. The molecule has 0 aliphatic carbocycles. The molecule has 2 fully saturated rings. The zero-order chi connectivity index (χ0) is 22.6. The summed E-state index contributed by atoms with van der Waals surface area (Å²) in [6, 6.07) is 9.12. The number of benzene rings is 1. The van der Waals surface area contributed by atoms with Gasteiger partial charge >= 0.3 is 6.09 Å². The number of nitrogens with zero attached hydrogens (tertiary/aromatic N) is 3. The maximum absolute atomic E-state index is 12.6. The van der Waals surface area contributed by atoms with Gasteiger partial charge < -0.3 is 24.8 Å². The van der Waals surface area contributed by atoms with E-state index in [2.05, 4.69) is 53.5 Å². The second-order valence-electron chi connectivity index (χ2n) is 9.98. The van der Waals surface area contributed by atoms with Gasteiger partial charge in [0.1, 0.15) is 5.60 Å². The standard InChI is InChI=1S/C24H38N4O3/c1-24(2,3)31-23(30)27-13-10-19(11-14-27)22(29)25-16-18-6-8-20(9-7-18)28-15-12-21(17-28)26(4)5/h6-9,19,21H,10-17H2,1-5H3,(H,25,29). The molecule has 172 valence electrons. The van der Waals surface area contributed by atoms with Crippen LogP contribution < -0.4 is 10.2 Å². The van der Waals surface area contributed by atoms with Gasteiger partial charge in [-0.25, -0.2) is 4.79 Å². The molecule has 2 heterocycles. The molecule has 7 nitrogen and oxygen atoms in total. The molecule has 2 aliphatic rings. The van der Waals surface area contributed by atoms with Crippen LogP contribution in [0, 0.1) is 5.92 Å². The Morgan fingerprint density at radius 1 is 1.06 bits per heavy atom. The minimum Gasteiger partial charge on any atom is -0.444 e. The minimum atomic E-state index is -0.496. The summed E-state index contributed by atoms with van der Waals surface area (Å²) in [6.07, 6.45) is 2.25. The molecule has 1 aromatic carbocycles. The molecule has 0 radical (unpaired) electrons. The number of rotatable bonds is 5. The highest BCUT2D eigenvalue weighted by atomic mass is 16.6. The summed E-state index contributed by atoms with van der Waals surface area (Å²) in [6.45, 7) is 9.39. The lowest BCUT2D eigenvalue weighted by atomic mass is 9.96. The Morgan fingerprint density at radius 2 is 1.71 bits per heavy atom. The third-order valence-electron chi connectivity index (χ3n) is 6.18. The highest BCUT2D eigenvalue weighted by molar-refractivity contribution is 5.79. The fourth-order valence-corrected chi connectivity index (χ4v) is 4.21. The summed E-state index contributed by atoms with van der Waals surface area (Å²) in [5.74, 6) is 0.0202. The van der Waals surface area contributed by atoms with E-state index in [1.807, 2.05) is 20.8 Å². The average molecular weight is 431 g/mol. The summed E-state index contributed by atoms with van der Waals surface area (Å²) in [5.41, 5.74) is 1.85. The lowest BCUT2D eigenvalue weighted by Gasteiger charge is -2.32. The number of likely N-dealkylation sites (tertiary alicyclic amines) is 1. The van der Waals surface area contributed by atoms with Crippen molar-refractivity contribution in [3.63, 3.8) is 0 Å². The summed E-state index contributed by atoms with van der Waals surface area (Å²) >= 11 is 0. The Bertz CT molecular complexity index is 749. The van der Waals surface area contributed by atoms with E-state index < -0.39 is 5.60 Å². The van der Waals surface area contributed by atoms with Gasteiger partial charge in [-0.1, -0.05) is 12.1 Å². The van der Waals surface area contributed by atoms with E-state index in [0.717, 1.165) is 18.7 Å². The van der Waals surface area contributed by atoms with Crippen LogP contribution in [0.4, 0.5) is 10.5 Å². The first kappa shape index (κ1) is 23.4. The van der Waals surface area contributed by atoms with Crippen LogP contribution in [0.2, 0.25) is 0 Å². The predicted octanol–water partition coefficient (Wildman–Crippen LogP) is 3.09. The summed E-state index contributed by atoms with van der Waals surface area (Å²) in [7, 11) is 4.28. The van der Waals surface area contributed by atoms with E-state index in [-0.39, 0.29) is 17.9 Å². The molecule has 31 heavy (non-hydrogen) atoms. The Hall–Kier alpha value is -2.28. The second-order valence-corrected chi connectivity index (χ2v) is 9.98. The van der Waals surface area contributed by atoms with Crippen LogP contribution in [0.25, 0.3) is 0 Å². The summed E-state index contributed by atoms with van der Waals surface area (Å²) in [5, 5.41) is 3.07. The second kappa shape index (κ2) is 9.90. The molecule has 1 atom stereocenters. The van der Waals surface area contributed by atoms with E-state index in [4.69, 9.17) is 4.74 Å². The molecule has 0 bridgehead atoms. The third-order valence-corrected chi connectivity index (χ3v) is 6.18. The molecular formula is C24H38N4O3. The van der Waals surface area contributed by atoms with Crippen molar-refractivity contribution in [2.45, 2.75) is 58.2 Å². The lowest BCUT2D eigenvalue weighted by Crippen LogP contribution is -2.44. The summed E-state index contributed by atoms with van der Waals surface area (Å²) < 4.78 is 5.42. The maximum atomic E-state index is 12.6. The predicted molar refractivity (Wildman–Crippen MR) is 123 cm³/mol. The van der Waals surface area contributed by atoms with Crippen molar-refractivity contribution >= 4 is 17.7 Å². The van der Waals surface area contributed by atoms with Crippen molar-refractivity contribution in [3.8, 4) is 0 Å². The molecule has 0 saturated carbocycles. The van der Waals surface area contributed by atoms with Crippen LogP contribution in [0.3, 0.4) is 0 Å². The number of nitrogens with one attached hydrogen (secondary N) is 1. The fourth-order valence-electron chi connectivity index (χ4n) is 4.21. The Labute approximate surface area is 186 Å². The molecule has 1 unspecified atom stereocenters. The Morgan fingerprint density at radius 3 is 2.26 bits per heavy atom. The van der Waals surface area contributed by atoms with Crippen LogP contribution in [-0.4, -0.2) is 73.7 Å². The van der Waals surface area contributed by atoms with Crippen LogP contribution in [0.5, 0.6) is 0 Å². The van der Waals surface area contributed by atoms with Gasteiger partial charge in [0.2, 0.25) is 5.91 Å². The van der Waals surface area contributed by atoms with Crippen molar-refractivity contribution in [2.75, 3.05) is 45.2 Å². The highest BCUT2D eigenvalue weighted by Crippen LogP contribution is 2.23. The van der Waals surface area contributed by atoms with E-state index in [0.29, 0.717) is 38.5 Å². The number of amides is 2. The van der Waals surface area contributed by atoms with Gasteiger partial charge in [0.05, 0.1) is 0 Å². The number of hydrogen-bond acceptors (Lipinski definition) is 5. The van der Waals surface area contributed by atoms with E-state index >= 15 is 0 Å². The molecule has 7 heteroatoms. The normalized spacial score (nSPS) is 20.3. The third kappa shape index (κ3) is 6.60. The van der Waals surface area contributed by atoms with Crippen LogP contribution >= 0.6 is 0 Å². The fraction of sp³-hybridized carbons (Fsp3) is 0.667. The average Bonchev–Trinajstić information content (AvgIpc) is 3.22. The highest BCUT2D eigenvalue weighted by Gasteiger charge is 2.30. The first-order chi connectivity index (χ1) is 14.6. The van der Waals surface area contributed by atoms with E-state index in [9.17, 15) is 9.59 Å². The zero-order valence-corrected chi connectivity index (χ0v) is 19.7. The van der Waals surface area contributed by atoms with Gasteiger partial charge in [0, 0.05) is 50.4 Å². The van der Waals surface area contributed by atoms with Crippen LogP contribution in [0.15, 0.2) is 24.3 Å². The summed E-state index contributed by atoms with van der Waals surface area (Å²) in [4.78, 5) is 31.2. The Balaban J connectivity index is 1.42. The van der Waals surface area contributed by atoms with Crippen molar-refractivity contribution < 1.29 is 14.3 Å². The van der Waals surface area contributed by atoms with E-state index in [1.54, 1.807) is 4.90 Å². The number of piperidine rings is 1. The molecule has 0 aromatic heterocycles. The van der Waals surface area contributed by atoms with Gasteiger partial charge in [-0.15, -0.1) is 0 Å². The van der Waals surface area contributed by atoms with Crippen molar-refractivity contribution in [1.29, 1.82) is 0 Å². The Kier molecular flexibility index (Phi) is 7.46. The van der Waals surface area contributed by atoms with Crippen molar-refractivity contribution in [2.24, 2.45) is 5.92 Å². The van der Waals surface area contributed by atoms with E-state index in [1.165, 1.54) is 12.1 Å². The first-order valence-electron chi connectivity index (χ1n) is 11.4. The monoisotopic (exact) mass is 430 g/mol. The molecule has 1 N–H and O–H groups in total. The molecule has 2 saturated heterocycles. The first-order valence-corrected chi connectivity index (χ1v) is 11.4. The molecular weight excluding hydrogens is 392 g/mol. The number of hydrogen-bond donors (Lipinski definition) is 1.